The summed E-state index contributed by atoms with van der Waals surface area (Å²) in [4.78, 5) is 21.2. The minimum absolute atomic E-state index is 0.0631. The van der Waals surface area contributed by atoms with E-state index in [1.165, 1.54) is 0 Å². The summed E-state index contributed by atoms with van der Waals surface area (Å²) in [6.45, 7) is 0.492. The minimum atomic E-state index is -0.922. The molecular formula is C8H15NO4S2. The van der Waals surface area contributed by atoms with E-state index in [2.05, 4.69) is 5.32 Å². The minimum Gasteiger partial charge on any atom is -0.481 e. The molecule has 88 valence electrons. The van der Waals surface area contributed by atoms with E-state index in [1.54, 1.807) is 6.26 Å². The predicted molar refractivity (Wildman–Crippen MR) is 61.5 cm³/mol. The van der Waals surface area contributed by atoms with Crippen molar-refractivity contribution in [3.05, 3.63) is 0 Å². The topological polar surface area (TPSA) is 83.5 Å². The van der Waals surface area contributed by atoms with Gasteiger partial charge in [0.25, 0.3) is 0 Å². The van der Waals surface area contributed by atoms with Crippen molar-refractivity contribution in [3.8, 4) is 0 Å². The van der Waals surface area contributed by atoms with Crippen molar-refractivity contribution in [2.75, 3.05) is 30.1 Å². The van der Waals surface area contributed by atoms with Gasteiger partial charge in [-0.15, -0.1) is 11.8 Å². The van der Waals surface area contributed by atoms with Crippen molar-refractivity contribution < 1.29 is 18.9 Å². The molecule has 0 saturated heterocycles. The van der Waals surface area contributed by atoms with Crippen LogP contribution >= 0.6 is 11.8 Å². The molecule has 0 aliphatic carbocycles. The van der Waals surface area contributed by atoms with Crippen LogP contribution in [0.15, 0.2) is 0 Å². The summed E-state index contributed by atoms with van der Waals surface area (Å²) in [7, 11) is -0.826. The maximum atomic E-state index is 11.1. The molecule has 0 saturated carbocycles. The number of hydrogen-bond acceptors (Lipinski definition) is 4. The summed E-state index contributed by atoms with van der Waals surface area (Å²) in [6.07, 6.45) is 2.29. The quantitative estimate of drug-likeness (QED) is 0.580. The Morgan fingerprint density at radius 2 is 2.07 bits per heavy atom. The molecule has 0 radical (unpaired) electrons. The summed E-state index contributed by atoms with van der Waals surface area (Å²) in [5, 5.41) is 10.9. The summed E-state index contributed by atoms with van der Waals surface area (Å²) in [5.74, 6) is -0.437. The van der Waals surface area contributed by atoms with E-state index in [-0.39, 0.29) is 17.4 Å². The second-order valence-electron chi connectivity index (χ2n) is 2.87. The smallest absolute Gasteiger partial charge is 0.313 e. The van der Waals surface area contributed by atoms with E-state index >= 15 is 0 Å². The zero-order valence-electron chi connectivity index (χ0n) is 8.52. The number of aliphatic carboxylic acids is 1. The van der Waals surface area contributed by atoms with Crippen LogP contribution in [0.1, 0.15) is 6.42 Å². The highest BCUT2D eigenvalue weighted by atomic mass is 32.2. The average Bonchev–Trinajstić information content (AvgIpc) is 2.11. The average molecular weight is 253 g/mol. The Hall–Kier alpha value is -0.560. The number of hydrogen-bond donors (Lipinski definition) is 2. The molecule has 0 aliphatic heterocycles. The fraction of sp³-hybridized carbons (Fsp3) is 0.750. The number of carbonyl (C=O) groups excluding carboxylic acids is 1. The number of thioether (sulfide) groups is 1. The Balaban J connectivity index is 3.33. The molecule has 0 aromatic heterocycles. The van der Waals surface area contributed by atoms with Gasteiger partial charge >= 0.3 is 5.97 Å². The van der Waals surface area contributed by atoms with E-state index in [4.69, 9.17) is 5.11 Å². The Morgan fingerprint density at radius 3 is 2.60 bits per heavy atom. The van der Waals surface area contributed by atoms with Crippen molar-refractivity contribution in [3.63, 3.8) is 0 Å². The molecule has 0 aromatic carbocycles. The van der Waals surface area contributed by atoms with Gasteiger partial charge in [0, 0.05) is 29.4 Å². The summed E-state index contributed by atoms with van der Waals surface area (Å²) in [5.41, 5.74) is 0. The number of carboxylic acids is 1. The first-order chi connectivity index (χ1) is 7.02. The number of carbonyl (C=O) groups is 2. The van der Waals surface area contributed by atoms with Gasteiger partial charge in [0.2, 0.25) is 5.91 Å². The lowest BCUT2D eigenvalue weighted by Crippen LogP contribution is -2.27. The summed E-state index contributed by atoms with van der Waals surface area (Å²) >= 11 is 1.06. The Labute approximate surface area is 95.5 Å². The van der Waals surface area contributed by atoms with E-state index in [1.807, 2.05) is 0 Å². The van der Waals surface area contributed by atoms with Crippen LogP contribution in [0.25, 0.3) is 0 Å². The zero-order chi connectivity index (χ0) is 11.7. The van der Waals surface area contributed by atoms with Crippen molar-refractivity contribution in [2.24, 2.45) is 0 Å². The van der Waals surface area contributed by atoms with Crippen molar-refractivity contribution in [1.29, 1.82) is 0 Å². The second-order valence-corrected chi connectivity index (χ2v) is 5.41. The van der Waals surface area contributed by atoms with Crippen LogP contribution in [0.2, 0.25) is 0 Å². The van der Waals surface area contributed by atoms with Crippen molar-refractivity contribution >= 4 is 34.4 Å². The van der Waals surface area contributed by atoms with Crippen LogP contribution in [-0.2, 0) is 20.4 Å². The molecule has 1 unspecified atom stereocenters. The lowest BCUT2D eigenvalue weighted by Gasteiger charge is -2.03. The molecule has 0 fully saturated rings. The molecule has 2 N–H and O–H groups in total. The van der Waals surface area contributed by atoms with Crippen LogP contribution in [0, 0.1) is 0 Å². The summed E-state index contributed by atoms with van der Waals surface area (Å²) < 4.78 is 10.7. The van der Waals surface area contributed by atoms with Gasteiger partial charge in [0.05, 0.1) is 11.5 Å². The van der Waals surface area contributed by atoms with Crippen molar-refractivity contribution in [1.82, 2.24) is 5.32 Å². The Kier molecular flexibility index (Phi) is 8.40. The molecule has 0 heterocycles. The van der Waals surface area contributed by atoms with Crippen LogP contribution in [0.5, 0.6) is 0 Å². The Morgan fingerprint density at radius 1 is 1.40 bits per heavy atom. The van der Waals surface area contributed by atoms with Gasteiger partial charge in [-0.3, -0.25) is 13.8 Å². The number of amides is 1. The molecule has 5 nitrogen and oxygen atoms in total. The fourth-order valence-electron chi connectivity index (χ4n) is 0.785. The first-order valence-corrected chi connectivity index (χ1v) is 7.27. The predicted octanol–water partition coefficient (Wildman–Crippen LogP) is -0.311. The molecule has 1 amide bonds. The highest BCUT2D eigenvalue weighted by Crippen LogP contribution is 1.97. The fourth-order valence-corrected chi connectivity index (χ4v) is 1.90. The third-order valence-corrected chi connectivity index (χ3v) is 3.17. The first kappa shape index (κ1) is 14.4. The van der Waals surface area contributed by atoms with Gasteiger partial charge in [-0.1, -0.05) is 0 Å². The number of rotatable bonds is 8. The van der Waals surface area contributed by atoms with E-state index in [0.717, 1.165) is 11.8 Å². The van der Waals surface area contributed by atoms with Crippen LogP contribution < -0.4 is 5.32 Å². The molecule has 0 aromatic rings. The molecule has 7 heteroatoms. The second kappa shape index (κ2) is 8.72. The van der Waals surface area contributed by atoms with Crippen LogP contribution in [-0.4, -0.2) is 51.3 Å². The summed E-state index contributed by atoms with van der Waals surface area (Å²) in [6, 6.07) is 0. The highest BCUT2D eigenvalue weighted by Gasteiger charge is 2.03. The zero-order valence-corrected chi connectivity index (χ0v) is 10.2. The third-order valence-electron chi connectivity index (χ3n) is 1.39. The molecule has 0 spiro atoms. The van der Waals surface area contributed by atoms with Gasteiger partial charge < -0.3 is 10.4 Å². The monoisotopic (exact) mass is 253 g/mol. The van der Waals surface area contributed by atoms with Crippen molar-refractivity contribution in [2.45, 2.75) is 6.42 Å². The van der Waals surface area contributed by atoms with Crippen LogP contribution in [0.3, 0.4) is 0 Å². The lowest BCUT2D eigenvalue weighted by atomic mass is 10.5. The van der Waals surface area contributed by atoms with Gasteiger partial charge in [0.15, 0.2) is 0 Å². The molecule has 0 rings (SSSR count). The van der Waals surface area contributed by atoms with E-state index in [0.29, 0.717) is 18.7 Å². The molecule has 0 bridgehead atoms. The molecule has 1 atom stereocenters. The van der Waals surface area contributed by atoms with Crippen LogP contribution in [0.4, 0.5) is 0 Å². The Bertz CT molecular complexity index is 245. The van der Waals surface area contributed by atoms with Gasteiger partial charge in [-0.2, -0.15) is 0 Å². The molecule has 15 heavy (non-hydrogen) atoms. The number of carboxylic acid groups (broad SMARTS) is 1. The molecular weight excluding hydrogens is 238 g/mol. The van der Waals surface area contributed by atoms with Gasteiger partial charge in [-0.05, 0) is 6.42 Å². The highest BCUT2D eigenvalue weighted by molar-refractivity contribution is 8.00. The van der Waals surface area contributed by atoms with Gasteiger partial charge in [0.1, 0.15) is 0 Å². The van der Waals surface area contributed by atoms with E-state index in [9.17, 15) is 13.8 Å². The number of nitrogens with one attached hydrogen (secondary N) is 1. The normalized spacial score (nSPS) is 12.1. The maximum Gasteiger partial charge on any atom is 0.313 e. The molecule has 0 aliphatic rings. The largest absolute Gasteiger partial charge is 0.481 e. The SMILES string of the molecule is CS(=O)CCCNC(=O)CSCC(=O)O. The maximum absolute atomic E-state index is 11.1. The van der Waals surface area contributed by atoms with Gasteiger partial charge in [-0.25, -0.2) is 0 Å². The first-order valence-electron chi connectivity index (χ1n) is 4.38. The lowest BCUT2D eigenvalue weighted by molar-refractivity contribution is -0.133. The standard InChI is InChI=1S/C8H15NO4S2/c1-15(13)4-2-3-9-7(10)5-14-6-8(11)12/h2-6H2,1H3,(H,9,10)(H,11,12). The third kappa shape index (κ3) is 11.4. The van der Waals surface area contributed by atoms with E-state index < -0.39 is 16.8 Å².